The minimum Gasteiger partial charge on any atom is -0.458 e. The number of fused-ring (bicyclic) bond motifs is 1. The molecular weight excluding hydrogens is 284 g/mol. The second-order valence-electron chi connectivity index (χ2n) is 7.55. The van der Waals surface area contributed by atoms with Gasteiger partial charge in [-0.05, 0) is 29.2 Å². The van der Waals surface area contributed by atoms with Gasteiger partial charge in [0.15, 0.2) is 0 Å². The molecule has 0 amide bonds. The average molecular weight is 306 g/mol. The van der Waals surface area contributed by atoms with E-state index in [2.05, 4.69) is 69.3 Å². The maximum Gasteiger partial charge on any atom is 0.303 e. The van der Waals surface area contributed by atoms with Crippen molar-refractivity contribution in [3.05, 3.63) is 70.8 Å². The van der Waals surface area contributed by atoms with Crippen molar-refractivity contribution in [1.82, 2.24) is 0 Å². The molecular formula is C21H22O2. The van der Waals surface area contributed by atoms with Crippen LogP contribution in [0.25, 0.3) is 0 Å². The summed E-state index contributed by atoms with van der Waals surface area (Å²) in [4.78, 5) is 11.9. The lowest BCUT2D eigenvalue weighted by Gasteiger charge is -2.60. The minimum absolute atomic E-state index is 0.0822. The summed E-state index contributed by atoms with van der Waals surface area (Å²) >= 11 is 0. The highest BCUT2D eigenvalue weighted by Gasteiger charge is 2.63. The number of ether oxygens (including phenoxy) is 1. The van der Waals surface area contributed by atoms with Gasteiger partial charge in [0, 0.05) is 24.2 Å². The zero-order chi connectivity index (χ0) is 16.4. The van der Waals surface area contributed by atoms with Gasteiger partial charge in [0.1, 0.15) is 5.60 Å². The largest absolute Gasteiger partial charge is 0.458 e. The molecule has 2 bridgehead atoms. The van der Waals surface area contributed by atoms with Crippen LogP contribution in [-0.4, -0.2) is 11.6 Å². The van der Waals surface area contributed by atoms with Gasteiger partial charge in [-0.15, -0.1) is 0 Å². The Morgan fingerprint density at radius 3 is 1.61 bits per heavy atom. The van der Waals surface area contributed by atoms with Crippen LogP contribution in [0.1, 0.15) is 61.8 Å². The Morgan fingerprint density at radius 2 is 1.22 bits per heavy atom. The number of carbonyl (C=O) groups excluding carboxylic acids is 1. The van der Waals surface area contributed by atoms with Gasteiger partial charge in [-0.3, -0.25) is 4.79 Å². The van der Waals surface area contributed by atoms with Crippen molar-refractivity contribution >= 4 is 5.97 Å². The van der Waals surface area contributed by atoms with E-state index in [1.165, 1.54) is 29.2 Å². The molecule has 0 unspecified atom stereocenters. The van der Waals surface area contributed by atoms with Crippen LogP contribution in [-0.2, 0) is 9.53 Å². The molecule has 23 heavy (non-hydrogen) atoms. The van der Waals surface area contributed by atoms with Gasteiger partial charge in [0.2, 0.25) is 0 Å². The van der Waals surface area contributed by atoms with Crippen LogP contribution >= 0.6 is 0 Å². The summed E-state index contributed by atoms with van der Waals surface area (Å²) in [6.07, 6.45) is 0. The summed E-state index contributed by atoms with van der Waals surface area (Å²) in [5, 5.41) is 0. The monoisotopic (exact) mass is 306 g/mol. The second-order valence-corrected chi connectivity index (χ2v) is 7.55. The van der Waals surface area contributed by atoms with Gasteiger partial charge in [-0.2, -0.15) is 0 Å². The SMILES string of the molecule is CC(=O)O[C@@]1(C)C2c3ccccc3C(c3ccccc32)C1(C)C. The third kappa shape index (κ3) is 1.67. The Morgan fingerprint density at radius 1 is 0.826 bits per heavy atom. The van der Waals surface area contributed by atoms with Crippen molar-refractivity contribution in [2.75, 3.05) is 0 Å². The average Bonchev–Trinajstić information content (AvgIpc) is 2.49. The molecule has 0 saturated heterocycles. The van der Waals surface area contributed by atoms with Crippen LogP contribution in [0.2, 0.25) is 0 Å². The van der Waals surface area contributed by atoms with E-state index in [9.17, 15) is 4.79 Å². The first kappa shape index (κ1) is 14.5. The van der Waals surface area contributed by atoms with Crippen LogP contribution < -0.4 is 0 Å². The summed E-state index contributed by atoms with van der Waals surface area (Å²) in [5.74, 6) is 0.117. The summed E-state index contributed by atoms with van der Waals surface area (Å²) in [5.41, 5.74) is 4.65. The third-order valence-corrected chi connectivity index (χ3v) is 6.14. The van der Waals surface area contributed by atoms with E-state index in [0.717, 1.165) is 0 Å². The quantitative estimate of drug-likeness (QED) is 0.718. The fourth-order valence-corrected chi connectivity index (χ4v) is 4.93. The van der Waals surface area contributed by atoms with Gasteiger partial charge < -0.3 is 4.74 Å². The zero-order valence-corrected chi connectivity index (χ0v) is 14.1. The molecule has 0 fully saturated rings. The second kappa shape index (κ2) is 4.47. The van der Waals surface area contributed by atoms with E-state index in [1.54, 1.807) is 0 Å². The van der Waals surface area contributed by atoms with Crippen LogP contribution in [0.15, 0.2) is 48.5 Å². The Balaban J connectivity index is 2.07. The van der Waals surface area contributed by atoms with E-state index in [4.69, 9.17) is 4.74 Å². The van der Waals surface area contributed by atoms with Crippen LogP contribution in [0.3, 0.4) is 0 Å². The first-order valence-electron chi connectivity index (χ1n) is 8.25. The lowest BCUT2D eigenvalue weighted by molar-refractivity contribution is -0.177. The van der Waals surface area contributed by atoms with Crippen LogP contribution in [0.4, 0.5) is 0 Å². The normalized spacial score (nSPS) is 29.6. The minimum atomic E-state index is -0.549. The number of hydrogen-bond acceptors (Lipinski definition) is 2. The molecule has 0 saturated carbocycles. The molecule has 3 aliphatic carbocycles. The van der Waals surface area contributed by atoms with Gasteiger partial charge in [-0.25, -0.2) is 0 Å². The van der Waals surface area contributed by atoms with Crippen molar-refractivity contribution in [2.24, 2.45) is 5.41 Å². The standard InChI is InChI=1S/C21H22O2/c1-13(22)23-21(4)19-16-11-7-5-9-14(16)18(20(21,2)3)15-10-6-8-12-17(15)19/h5-12,18-19H,1-4H3/t18?,19?,21-/m0/s1. The topological polar surface area (TPSA) is 26.3 Å². The highest BCUT2D eigenvalue weighted by atomic mass is 16.6. The van der Waals surface area contributed by atoms with Gasteiger partial charge in [0.05, 0.1) is 0 Å². The smallest absolute Gasteiger partial charge is 0.303 e. The maximum atomic E-state index is 11.9. The summed E-state index contributed by atoms with van der Waals surface area (Å²) < 4.78 is 6.00. The maximum absolute atomic E-state index is 11.9. The Bertz CT molecular complexity index is 757. The first-order chi connectivity index (χ1) is 10.9. The van der Waals surface area contributed by atoms with E-state index in [0.29, 0.717) is 0 Å². The summed E-state index contributed by atoms with van der Waals surface area (Å²) in [7, 11) is 0. The summed E-state index contributed by atoms with van der Waals surface area (Å²) in [6.45, 7) is 8.10. The van der Waals surface area contributed by atoms with Crippen molar-refractivity contribution < 1.29 is 9.53 Å². The zero-order valence-electron chi connectivity index (χ0n) is 14.1. The van der Waals surface area contributed by atoms with E-state index in [1.807, 2.05) is 0 Å². The molecule has 5 rings (SSSR count). The molecule has 0 spiro atoms. The summed E-state index contributed by atoms with van der Waals surface area (Å²) in [6, 6.07) is 17.3. The molecule has 2 nitrogen and oxygen atoms in total. The number of benzene rings is 2. The Labute approximate surface area is 137 Å². The molecule has 1 atom stereocenters. The van der Waals surface area contributed by atoms with Crippen LogP contribution in [0.5, 0.6) is 0 Å². The van der Waals surface area contributed by atoms with Crippen LogP contribution in [0, 0.1) is 5.41 Å². The first-order valence-corrected chi connectivity index (χ1v) is 8.25. The lowest BCUT2D eigenvalue weighted by Crippen LogP contribution is -2.59. The van der Waals surface area contributed by atoms with Gasteiger partial charge in [-0.1, -0.05) is 62.4 Å². The van der Waals surface area contributed by atoms with Crippen molar-refractivity contribution in [3.63, 3.8) is 0 Å². The molecule has 2 heteroatoms. The molecule has 2 aromatic carbocycles. The van der Waals surface area contributed by atoms with Gasteiger partial charge >= 0.3 is 5.97 Å². The Kier molecular flexibility index (Phi) is 2.82. The number of esters is 1. The molecule has 3 aliphatic rings. The van der Waals surface area contributed by atoms with Crippen molar-refractivity contribution in [2.45, 2.75) is 45.1 Å². The fourth-order valence-electron chi connectivity index (χ4n) is 4.93. The molecule has 0 N–H and O–H groups in total. The van der Waals surface area contributed by atoms with E-state index >= 15 is 0 Å². The molecule has 0 heterocycles. The molecule has 118 valence electrons. The highest BCUT2D eigenvalue weighted by molar-refractivity contribution is 5.69. The lowest BCUT2D eigenvalue weighted by atomic mass is 9.46. The molecule has 0 aromatic heterocycles. The van der Waals surface area contributed by atoms with E-state index < -0.39 is 5.60 Å². The predicted octanol–water partition coefficient (Wildman–Crippen LogP) is 4.63. The van der Waals surface area contributed by atoms with Gasteiger partial charge in [0.25, 0.3) is 0 Å². The predicted molar refractivity (Wildman–Crippen MR) is 90.5 cm³/mol. The number of hydrogen-bond donors (Lipinski definition) is 0. The third-order valence-electron chi connectivity index (χ3n) is 6.14. The highest BCUT2D eigenvalue weighted by Crippen LogP contribution is 2.66. The molecule has 0 aliphatic heterocycles. The Hall–Kier alpha value is -2.09. The van der Waals surface area contributed by atoms with Crippen molar-refractivity contribution in [3.8, 4) is 0 Å². The number of rotatable bonds is 1. The van der Waals surface area contributed by atoms with Crippen molar-refractivity contribution in [1.29, 1.82) is 0 Å². The fraction of sp³-hybridized carbons (Fsp3) is 0.381. The molecule has 0 radical (unpaired) electrons. The molecule has 2 aromatic rings. The number of carbonyl (C=O) groups is 1. The van der Waals surface area contributed by atoms with E-state index in [-0.39, 0.29) is 23.2 Å².